The number of hydrogen-bond acceptors (Lipinski definition) is 6. The first-order valence-electron chi connectivity index (χ1n) is 8.28. The number of hydrogen-bond donors (Lipinski definition) is 1. The van der Waals surface area contributed by atoms with Gasteiger partial charge in [0.1, 0.15) is 17.1 Å². The minimum Gasteiger partial charge on any atom is -0.497 e. The van der Waals surface area contributed by atoms with E-state index in [1.807, 2.05) is 0 Å². The molecule has 8 heteroatoms. The number of carbonyl (C=O) groups excluding carboxylic acids is 1. The van der Waals surface area contributed by atoms with E-state index in [1.54, 1.807) is 48.5 Å². The normalized spacial score (nSPS) is 12.0. The molecule has 140 valence electrons. The number of nitro groups is 1. The summed E-state index contributed by atoms with van der Waals surface area (Å²) in [4.78, 5) is 23.6. The summed E-state index contributed by atoms with van der Waals surface area (Å²) < 4.78 is 16.8. The van der Waals surface area contributed by atoms with Crippen molar-refractivity contribution in [3.05, 3.63) is 76.3 Å². The Morgan fingerprint density at radius 2 is 1.79 bits per heavy atom. The van der Waals surface area contributed by atoms with Crippen LogP contribution in [-0.2, 0) is 0 Å². The quantitative estimate of drug-likeness (QED) is 0.519. The number of carbonyl (C=O) groups is 1. The van der Waals surface area contributed by atoms with Crippen LogP contribution in [0, 0.1) is 10.1 Å². The Hall–Kier alpha value is -4.07. The van der Waals surface area contributed by atoms with Gasteiger partial charge in [-0.3, -0.25) is 14.9 Å². The minimum atomic E-state index is -0.573. The minimum absolute atomic E-state index is 0.00255. The molecule has 1 aliphatic heterocycles. The smallest absolute Gasteiger partial charge is 0.276 e. The van der Waals surface area contributed by atoms with Crippen LogP contribution >= 0.6 is 0 Å². The van der Waals surface area contributed by atoms with Crippen LogP contribution < -0.4 is 19.5 Å². The van der Waals surface area contributed by atoms with Crippen molar-refractivity contribution in [2.24, 2.45) is 0 Å². The van der Waals surface area contributed by atoms with Crippen LogP contribution in [0.15, 0.2) is 60.7 Å². The lowest BCUT2D eigenvalue weighted by Gasteiger charge is -2.13. The van der Waals surface area contributed by atoms with Gasteiger partial charge in [0.2, 0.25) is 0 Å². The molecule has 28 heavy (non-hydrogen) atoms. The van der Waals surface area contributed by atoms with E-state index >= 15 is 0 Å². The second kappa shape index (κ2) is 6.92. The van der Waals surface area contributed by atoms with Crippen LogP contribution in [0.5, 0.6) is 28.7 Å². The van der Waals surface area contributed by atoms with Gasteiger partial charge >= 0.3 is 0 Å². The first kappa shape index (κ1) is 17.3. The van der Waals surface area contributed by atoms with Crippen molar-refractivity contribution in [2.45, 2.75) is 0 Å². The standard InChI is InChI=1S/C20H14N2O6/c1-26-13-5-4-6-14(11-13)27-17-9-12(22(24)25)10-18-19(17)20(23)21-15-7-2-3-8-16(15)28-18/h2-11H,1H3,(H,21,23). The molecular weight excluding hydrogens is 364 g/mol. The molecule has 1 aliphatic rings. The van der Waals surface area contributed by atoms with Crippen molar-refractivity contribution >= 4 is 17.3 Å². The lowest BCUT2D eigenvalue weighted by atomic mass is 10.1. The van der Waals surface area contributed by atoms with Crippen LogP contribution in [0.4, 0.5) is 11.4 Å². The molecule has 1 heterocycles. The fourth-order valence-electron chi connectivity index (χ4n) is 2.82. The van der Waals surface area contributed by atoms with E-state index in [0.29, 0.717) is 22.9 Å². The van der Waals surface area contributed by atoms with Gasteiger partial charge in [-0.25, -0.2) is 0 Å². The summed E-state index contributed by atoms with van der Waals surface area (Å²) in [7, 11) is 1.51. The van der Waals surface area contributed by atoms with Gasteiger partial charge in [0.05, 0.1) is 29.9 Å². The van der Waals surface area contributed by atoms with Gasteiger partial charge in [-0.1, -0.05) is 18.2 Å². The molecule has 0 atom stereocenters. The molecule has 0 bridgehead atoms. The van der Waals surface area contributed by atoms with E-state index in [4.69, 9.17) is 14.2 Å². The number of para-hydroxylation sites is 2. The van der Waals surface area contributed by atoms with E-state index in [2.05, 4.69) is 5.32 Å². The monoisotopic (exact) mass is 378 g/mol. The molecule has 3 aromatic rings. The van der Waals surface area contributed by atoms with Gasteiger partial charge in [-0.15, -0.1) is 0 Å². The third-order valence-electron chi connectivity index (χ3n) is 4.11. The Balaban J connectivity index is 1.85. The summed E-state index contributed by atoms with van der Waals surface area (Å²) in [6, 6.07) is 15.9. The zero-order chi connectivity index (χ0) is 19.7. The Bertz CT molecular complexity index is 1100. The summed E-state index contributed by atoms with van der Waals surface area (Å²) in [5, 5.41) is 14.1. The predicted molar refractivity (Wildman–Crippen MR) is 101 cm³/mol. The molecule has 1 N–H and O–H groups in total. The van der Waals surface area contributed by atoms with Gasteiger partial charge < -0.3 is 19.5 Å². The van der Waals surface area contributed by atoms with Crippen molar-refractivity contribution in [3.63, 3.8) is 0 Å². The average molecular weight is 378 g/mol. The van der Waals surface area contributed by atoms with Gasteiger partial charge in [-0.2, -0.15) is 0 Å². The second-order valence-corrected chi connectivity index (χ2v) is 5.91. The van der Waals surface area contributed by atoms with Crippen molar-refractivity contribution in [1.82, 2.24) is 0 Å². The van der Waals surface area contributed by atoms with Crippen LogP contribution in [0.1, 0.15) is 10.4 Å². The number of methoxy groups -OCH3 is 1. The number of anilines is 1. The van der Waals surface area contributed by atoms with E-state index in [1.165, 1.54) is 19.2 Å². The topological polar surface area (TPSA) is 99.9 Å². The number of rotatable bonds is 4. The number of fused-ring (bicyclic) bond motifs is 2. The molecule has 0 saturated carbocycles. The highest BCUT2D eigenvalue weighted by atomic mass is 16.6. The molecule has 0 radical (unpaired) electrons. The third kappa shape index (κ3) is 3.18. The number of non-ortho nitro benzene ring substituents is 1. The molecule has 0 aromatic heterocycles. The average Bonchev–Trinajstić information content (AvgIpc) is 2.83. The van der Waals surface area contributed by atoms with Crippen molar-refractivity contribution in [1.29, 1.82) is 0 Å². The second-order valence-electron chi connectivity index (χ2n) is 5.91. The largest absolute Gasteiger partial charge is 0.497 e. The Morgan fingerprint density at radius 1 is 1.00 bits per heavy atom. The molecule has 8 nitrogen and oxygen atoms in total. The molecule has 0 aliphatic carbocycles. The van der Waals surface area contributed by atoms with E-state index < -0.39 is 10.8 Å². The van der Waals surface area contributed by atoms with Crippen LogP contribution in [0.25, 0.3) is 0 Å². The van der Waals surface area contributed by atoms with Crippen molar-refractivity contribution in [2.75, 3.05) is 12.4 Å². The fourth-order valence-corrected chi connectivity index (χ4v) is 2.82. The van der Waals surface area contributed by atoms with Gasteiger partial charge in [-0.05, 0) is 24.3 Å². The summed E-state index contributed by atoms with van der Waals surface area (Å²) in [5.41, 5.74) is 0.257. The lowest BCUT2D eigenvalue weighted by molar-refractivity contribution is -0.385. The number of nitrogens with one attached hydrogen (secondary N) is 1. The summed E-state index contributed by atoms with van der Waals surface area (Å²) in [6.45, 7) is 0. The maximum absolute atomic E-state index is 12.8. The number of ether oxygens (including phenoxy) is 3. The highest BCUT2D eigenvalue weighted by Crippen LogP contribution is 2.43. The zero-order valence-electron chi connectivity index (χ0n) is 14.7. The van der Waals surface area contributed by atoms with Crippen LogP contribution in [-0.4, -0.2) is 17.9 Å². The Kier molecular flexibility index (Phi) is 4.29. The molecule has 0 saturated heterocycles. The SMILES string of the molecule is COc1cccc(Oc2cc([N+](=O)[O-])cc3c2C(=O)Nc2ccccc2O3)c1. The molecule has 0 unspecified atom stereocenters. The summed E-state index contributed by atoms with van der Waals surface area (Å²) in [5.74, 6) is 0.825. The highest BCUT2D eigenvalue weighted by molar-refractivity contribution is 6.10. The first-order valence-corrected chi connectivity index (χ1v) is 8.28. The van der Waals surface area contributed by atoms with E-state index in [9.17, 15) is 14.9 Å². The third-order valence-corrected chi connectivity index (χ3v) is 4.11. The number of nitro benzene ring substituents is 1. The van der Waals surface area contributed by atoms with Crippen LogP contribution in [0.2, 0.25) is 0 Å². The molecular formula is C20H14N2O6. The van der Waals surface area contributed by atoms with E-state index in [0.717, 1.165) is 0 Å². The maximum atomic E-state index is 12.8. The molecule has 4 rings (SSSR count). The molecule has 0 fully saturated rings. The van der Waals surface area contributed by atoms with E-state index in [-0.39, 0.29) is 22.7 Å². The van der Waals surface area contributed by atoms with Crippen molar-refractivity contribution < 1.29 is 23.9 Å². The molecule has 1 amide bonds. The van der Waals surface area contributed by atoms with Gasteiger partial charge in [0, 0.05) is 6.07 Å². The number of nitrogens with zero attached hydrogens (tertiary/aromatic N) is 1. The van der Waals surface area contributed by atoms with Crippen LogP contribution in [0.3, 0.4) is 0 Å². The Labute approximate surface area is 159 Å². The maximum Gasteiger partial charge on any atom is 0.276 e. The number of benzene rings is 3. The number of amides is 1. The highest BCUT2D eigenvalue weighted by Gasteiger charge is 2.28. The fraction of sp³-hybridized carbons (Fsp3) is 0.0500. The Morgan fingerprint density at radius 3 is 2.57 bits per heavy atom. The lowest BCUT2D eigenvalue weighted by Crippen LogP contribution is -2.12. The zero-order valence-corrected chi connectivity index (χ0v) is 14.7. The summed E-state index contributed by atoms with van der Waals surface area (Å²) in [6.07, 6.45) is 0. The summed E-state index contributed by atoms with van der Waals surface area (Å²) >= 11 is 0. The molecule has 3 aromatic carbocycles. The van der Waals surface area contributed by atoms with Gasteiger partial charge in [0.15, 0.2) is 17.2 Å². The first-order chi connectivity index (χ1) is 13.5. The predicted octanol–water partition coefficient (Wildman–Crippen LogP) is 4.75. The van der Waals surface area contributed by atoms with Crippen molar-refractivity contribution in [3.8, 4) is 28.7 Å². The molecule has 0 spiro atoms. The van der Waals surface area contributed by atoms with Gasteiger partial charge in [0.25, 0.3) is 11.6 Å².